The summed E-state index contributed by atoms with van der Waals surface area (Å²) in [5.41, 5.74) is 1.60. The molecule has 0 aliphatic carbocycles. The van der Waals surface area contributed by atoms with Crippen LogP contribution in [0.5, 0.6) is 0 Å². The fraction of sp³-hybridized carbons (Fsp3) is 0.364. The number of hydrogen-bond donors (Lipinski definition) is 0. The minimum absolute atomic E-state index is 0.0753. The van der Waals surface area contributed by atoms with E-state index in [1.807, 2.05) is 25.7 Å². The topological polar surface area (TPSA) is 46.3 Å². The van der Waals surface area contributed by atoms with E-state index in [2.05, 4.69) is 4.98 Å². The van der Waals surface area contributed by atoms with Gasteiger partial charge in [-0.1, -0.05) is 26.8 Å². The lowest BCUT2D eigenvalue weighted by Gasteiger charge is -2.29. The van der Waals surface area contributed by atoms with Crippen molar-refractivity contribution in [1.29, 1.82) is 0 Å². The van der Waals surface area contributed by atoms with Crippen LogP contribution in [0.2, 0.25) is 0 Å². The summed E-state index contributed by atoms with van der Waals surface area (Å²) in [6.45, 7) is 6.40. The Kier molecular flexibility index (Phi) is 4.44. The van der Waals surface area contributed by atoms with Gasteiger partial charge in [0.2, 0.25) is 11.8 Å². The molecule has 1 atom stereocenters. The maximum atomic E-state index is 14.1. The summed E-state index contributed by atoms with van der Waals surface area (Å²) in [6, 6.07) is 8.49. The SMILES string of the molecule is CC(C)(C)C(=O)N1CCC[C@@H]1c1nc2cc(-c3ccc(F)cc3F)ccc2o1. The number of amides is 1. The highest BCUT2D eigenvalue weighted by atomic mass is 19.1. The number of likely N-dealkylation sites (tertiary alicyclic amines) is 1. The van der Waals surface area contributed by atoms with Crippen molar-refractivity contribution in [3.05, 3.63) is 53.9 Å². The summed E-state index contributed by atoms with van der Waals surface area (Å²) < 4.78 is 33.2. The van der Waals surface area contributed by atoms with Crippen LogP contribution >= 0.6 is 0 Å². The van der Waals surface area contributed by atoms with Crippen molar-refractivity contribution in [2.75, 3.05) is 6.54 Å². The number of carbonyl (C=O) groups excluding carboxylic acids is 1. The number of hydrogen-bond acceptors (Lipinski definition) is 3. The summed E-state index contributed by atoms with van der Waals surface area (Å²) in [6.07, 6.45) is 1.70. The van der Waals surface area contributed by atoms with E-state index in [4.69, 9.17) is 4.42 Å². The molecule has 1 aromatic heterocycles. The number of oxazole rings is 1. The maximum Gasteiger partial charge on any atom is 0.228 e. The Morgan fingerprint density at radius 1 is 1.18 bits per heavy atom. The molecule has 1 saturated heterocycles. The lowest BCUT2D eigenvalue weighted by atomic mass is 9.94. The standard InChI is InChI=1S/C22H22F2N2O2/c1-22(2,3)21(27)26-10-4-5-18(26)20-25-17-11-13(6-9-19(17)28-20)15-8-7-14(23)12-16(15)24/h6-9,11-12,18H,4-5,10H2,1-3H3/t18-/m1/s1. The van der Waals surface area contributed by atoms with Gasteiger partial charge in [-0.3, -0.25) is 4.79 Å². The lowest BCUT2D eigenvalue weighted by Crippen LogP contribution is -2.39. The van der Waals surface area contributed by atoms with E-state index in [1.165, 1.54) is 12.1 Å². The van der Waals surface area contributed by atoms with E-state index in [0.717, 1.165) is 18.9 Å². The molecule has 1 aliphatic heterocycles. The van der Waals surface area contributed by atoms with Gasteiger partial charge >= 0.3 is 0 Å². The van der Waals surface area contributed by atoms with Crippen molar-refractivity contribution in [3.63, 3.8) is 0 Å². The first kappa shape index (κ1) is 18.6. The second kappa shape index (κ2) is 6.69. The van der Waals surface area contributed by atoms with Gasteiger partial charge in [-0.25, -0.2) is 13.8 Å². The van der Waals surface area contributed by atoms with Gasteiger partial charge in [0, 0.05) is 23.6 Å². The molecule has 1 aliphatic rings. The fourth-order valence-electron chi connectivity index (χ4n) is 3.68. The van der Waals surface area contributed by atoms with Gasteiger partial charge in [0.05, 0.1) is 0 Å². The van der Waals surface area contributed by atoms with E-state index in [9.17, 15) is 13.6 Å². The molecule has 2 aromatic carbocycles. The molecule has 0 saturated carbocycles. The van der Waals surface area contributed by atoms with E-state index in [-0.39, 0.29) is 11.9 Å². The molecule has 0 radical (unpaired) electrons. The summed E-state index contributed by atoms with van der Waals surface area (Å²) >= 11 is 0. The van der Waals surface area contributed by atoms with Crippen LogP contribution in [0.15, 0.2) is 40.8 Å². The Bertz CT molecular complexity index is 1050. The molecule has 0 bridgehead atoms. The summed E-state index contributed by atoms with van der Waals surface area (Å²) in [4.78, 5) is 19.2. The van der Waals surface area contributed by atoms with Crippen LogP contribution in [-0.2, 0) is 4.79 Å². The second-order valence-corrected chi connectivity index (χ2v) is 8.27. The third-order valence-corrected chi connectivity index (χ3v) is 5.09. The zero-order chi connectivity index (χ0) is 20.1. The Hall–Kier alpha value is -2.76. The van der Waals surface area contributed by atoms with E-state index in [0.29, 0.717) is 34.7 Å². The average Bonchev–Trinajstić information content (AvgIpc) is 3.26. The Morgan fingerprint density at radius 3 is 2.68 bits per heavy atom. The molecule has 2 heterocycles. The van der Waals surface area contributed by atoms with Crippen molar-refractivity contribution in [2.24, 2.45) is 5.41 Å². The first-order chi connectivity index (χ1) is 13.2. The van der Waals surface area contributed by atoms with Crippen molar-refractivity contribution in [3.8, 4) is 11.1 Å². The minimum atomic E-state index is -0.624. The van der Waals surface area contributed by atoms with Crippen LogP contribution in [0.25, 0.3) is 22.2 Å². The molecule has 3 aromatic rings. The van der Waals surface area contributed by atoms with Gasteiger partial charge in [-0.2, -0.15) is 0 Å². The summed E-state index contributed by atoms with van der Waals surface area (Å²) in [5, 5.41) is 0. The lowest BCUT2D eigenvalue weighted by molar-refractivity contribution is -0.140. The molecule has 0 spiro atoms. The molecule has 28 heavy (non-hydrogen) atoms. The molecular weight excluding hydrogens is 362 g/mol. The van der Waals surface area contributed by atoms with Gasteiger partial charge in [0.15, 0.2) is 5.58 Å². The van der Waals surface area contributed by atoms with Crippen LogP contribution in [0.1, 0.15) is 45.5 Å². The van der Waals surface area contributed by atoms with Crippen molar-refractivity contribution >= 4 is 17.0 Å². The van der Waals surface area contributed by atoms with Crippen LogP contribution in [0.4, 0.5) is 8.78 Å². The number of carbonyl (C=O) groups is 1. The molecule has 0 N–H and O–H groups in total. The Labute approximate surface area is 162 Å². The van der Waals surface area contributed by atoms with Crippen LogP contribution in [0, 0.1) is 17.0 Å². The highest BCUT2D eigenvalue weighted by Gasteiger charge is 2.38. The van der Waals surface area contributed by atoms with Crippen molar-refractivity contribution in [1.82, 2.24) is 9.88 Å². The van der Waals surface area contributed by atoms with Gasteiger partial charge in [0.1, 0.15) is 23.2 Å². The monoisotopic (exact) mass is 384 g/mol. The van der Waals surface area contributed by atoms with Gasteiger partial charge in [0.25, 0.3) is 0 Å². The first-order valence-electron chi connectivity index (χ1n) is 9.41. The molecule has 4 nitrogen and oxygen atoms in total. The Morgan fingerprint density at radius 2 is 1.96 bits per heavy atom. The molecule has 1 fully saturated rings. The van der Waals surface area contributed by atoms with Crippen LogP contribution in [0.3, 0.4) is 0 Å². The summed E-state index contributed by atoms with van der Waals surface area (Å²) in [5.74, 6) is -0.662. The van der Waals surface area contributed by atoms with Gasteiger partial charge in [-0.15, -0.1) is 0 Å². The normalized spacial score (nSPS) is 17.5. The van der Waals surface area contributed by atoms with E-state index in [1.54, 1.807) is 18.2 Å². The number of nitrogens with zero attached hydrogens (tertiary/aromatic N) is 2. The molecule has 6 heteroatoms. The highest BCUT2D eigenvalue weighted by molar-refractivity contribution is 5.83. The zero-order valence-corrected chi connectivity index (χ0v) is 16.1. The van der Waals surface area contributed by atoms with Crippen molar-refractivity contribution in [2.45, 2.75) is 39.7 Å². The third kappa shape index (κ3) is 3.28. The van der Waals surface area contributed by atoms with E-state index >= 15 is 0 Å². The minimum Gasteiger partial charge on any atom is -0.438 e. The maximum absolute atomic E-state index is 14.1. The molecule has 4 rings (SSSR count). The molecular formula is C22H22F2N2O2. The quantitative estimate of drug-likeness (QED) is 0.587. The largest absolute Gasteiger partial charge is 0.438 e. The predicted octanol–water partition coefficient (Wildman–Crippen LogP) is 5.48. The van der Waals surface area contributed by atoms with Crippen molar-refractivity contribution < 1.29 is 18.0 Å². The predicted molar refractivity (Wildman–Crippen MR) is 103 cm³/mol. The van der Waals surface area contributed by atoms with Gasteiger partial charge < -0.3 is 9.32 Å². The van der Waals surface area contributed by atoms with Crippen LogP contribution < -0.4 is 0 Å². The molecule has 0 unspecified atom stereocenters. The summed E-state index contributed by atoms with van der Waals surface area (Å²) in [7, 11) is 0. The number of rotatable bonds is 2. The molecule has 1 amide bonds. The van der Waals surface area contributed by atoms with Gasteiger partial charge in [-0.05, 0) is 42.7 Å². The number of benzene rings is 2. The number of halogens is 2. The zero-order valence-electron chi connectivity index (χ0n) is 16.1. The smallest absolute Gasteiger partial charge is 0.228 e. The fourth-order valence-corrected chi connectivity index (χ4v) is 3.68. The van der Waals surface area contributed by atoms with Crippen LogP contribution in [-0.4, -0.2) is 22.3 Å². The number of aromatic nitrogens is 1. The second-order valence-electron chi connectivity index (χ2n) is 8.27. The third-order valence-electron chi connectivity index (χ3n) is 5.09. The highest BCUT2D eigenvalue weighted by Crippen LogP contribution is 2.37. The van der Waals surface area contributed by atoms with E-state index < -0.39 is 17.0 Å². The number of fused-ring (bicyclic) bond motifs is 1. The Balaban J connectivity index is 1.69. The first-order valence-corrected chi connectivity index (χ1v) is 9.41. The molecule has 146 valence electrons. The average molecular weight is 384 g/mol.